The molecule has 0 saturated carbocycles. The van der Waals surface area contributed by atoms with Crippen LogP contribution in [0.25, 0.3) is 0 Å². The first-order chi connectivity index (χ1) is 12.7. The average molecular weight is 361 g/mol. The lowest BCUT2D eigenvalue weighted by Gasteiger charge is -2.36. The number of aromatic nitrogens is 2. The summed E-state index contributed by atoms with van der Waals surface area (Å²) in [5, 5.41) is 7.72. The zero-order valence-corrected chi connectivity index (χ0v) is 16.0. The van der Waals surface area contributed by atoms with Crippen LogP contribution in [0.1, 0.15) is 18.4 Å². The maximum absolute atomic E-state index is 12.3. The zero-order valence-electron chi connectivity index (χ0n) is 16.0. The third kappa shape index (κ3) is 4.97. The smallest absolute Gasteiger partial charge is 0.236 e. The number of carbonyl (C=O) groups is 1. The summed E-state index contributed by atoms with van der Waals surface area (Å²) >= 11 is 0. The number of hydrogen-bond acceptors (Lipinski definition) is 4. The molecule has 26 heavy (non-hydrogen) atoms. The third-order valence-corrected chi connectivity index (χ3v) is 5.09. The van der Waals surface area contributed by atoms with Crippen LogP contribution in [0.5, 0.6) is 0 Å². The number of likely N-dealkylation sites (tertiary alicyclic amines) is 1. The van der Waals surface area contributed by atoms with Gasteiger partial charge in [0.2, 0.25) is 5.91 Å². The number of piperazine rings is 1. The number of amides is 1. The molecule has 2 saturated heterocycles. The van der Waals surface area contributed by atoms with Crippen molar-refractivity contribution in [3.8, 4) is 0 Å². The van der Waals surface area contributed by atoms with Crippen LogP contribution in [0.2, 0.25) is 0 Å². The fraction of sp³-hybridized carbons (Fsp3) is 0.722. The molecule has 3 heterocycles. The maximum Gasteiger partial charge on any atom is 0.236 e. The van der Waals surface area contributed by atoms with Crippen LogP contribution in [0.3, 0.4) is 0 Å². The Bertz CT molecular complexity index is 613. The normalized spacial score (nSPS) is 19.2. The predicted molar refractivity (Wildman–Crippen MR) is 102 cm³/mol. The van der Waals surface area contributed by atoms with Crippen LogP contribution in [-0.2, 0) is 11.3 Å². The van der Waals surface area contributed by atoms with Crippen LogP contribution in [0, 0.1) is 6.92 Å². The quantitative estimate of drug-likeness (QED) is 0.591. The molecule has 2 fully saturated rings. The lowest BCUT2D eigenvalue weighted by atomic mass is 10.3. The van der Waals surface area contributed by atoms with Crippen molar-refractivity contribution in [3.05, 3.63) is 18.0 Å². The fourth-order valence-corrected chi connectivity index (χ4v) is 3.58. The van der Waals surface area contributed by atoms with E-state index in [4.69, 9.17) is 0 Å². The molecule has 1 aromatic rings. The second-order valence-electron chi connectivity index (χ2n) is 7.11. The molecule has 1 amide bonds. The predicted octanol–water partition coefficient (Wildman–Crippen LogP) is 0.00692. The van der Waals surface area contributed by atoms with E-state index in [1.807, 2.05) is 35.9 Å². The van der Waals surface area contributed by atoms with Crippen molar-refractivity contribution in [1.82, 2.24) is 29.8 Å². The van der Waals surface area contributed by atoms with Gasteiger partial charge in [0, 0.05) is 59.1 Å². The standard InChI is InChI=1S/C18H31N7O/c1-16-13-21-25(14-16)8-5-20-18(19-2)24-11-9-22(10-12-24)15-17(26)23-6-3-4-7-23/h13-14H,3-12,15H2,1-2H3,(H,19,20). The summed E-state index contributed by atoms with van der Waals surface area (Å²) in [6.07, 6.45) is 6.22. The van der Waals surface area contributed by atoms with Crippen molar-refractivity contribution in [2.24, 2.45) is 4.99 Å². The van der Waals surface area contributed by atoms with Gasteiger partial charge in [-0.2, -0.15) is 5.10 Å². The lowest BCUT2D eigenvalue weighted by molar-refractivity contribution is -0.131. The van der Waals surface area contributed by atoms with Crippen molar-refractivity contribution in [1.29, 1.82) is 0 Å². The van der Waals surface area contributed by atoms with Gasteiger partial charge in [-0.15, -0.1) is 0 Å². The first-order valence-corrected chi connectivity index (χ1v) is 9.60. The third-order valence-electron chi connectivity index (χ3n) is 5.09. The summed E-state index contributed by atoms with van der Waals surface area (Å²) in [4.78, 5) is 23.2. The van der Waals surface area contributed by atoms with E-state index in [-0.39, 0.29) is 5.91 Å². The molecule has 8 heteroatoms. The summed E-state index contributed by atoms with van der Waals surface area (Å²) in [7, 11) is 1.82. The SMILES string of the molecule is CN=C(NCCn1cc(C)cn1)N1CCN(CC(=O)N2CCCC2)CC1. The minimum Gasteiger partial charge on any atom is -0.354 e. The minimum atomic E-state index is 0.285. The van der Waals surface area contributed by atoms with Gasteiger partial charge in [0.05, 0.1) is 19.3 Å². The Hall–Kier alpha value is -2.09. The highest BCUT2D eigenvalue weighted by molar-refractivity contribution is 5.80. The topological polar surface area (TPSA) is 69.0 Å². The molecule has 0 atom stereocenters. The number of hydrogen-bond donors (Lipinski definition) is 1. The number of guanidine groups is 1. The molecule has 0 radical (unpaired) electrons. The molecule has 144 valence electrons. The lowest BCUT2D eigenvalue weighted by Crippen LogP contribution is -2.54. The highest BCUT2D eigenvalue weighted by Gasteiger charge is 2.24. The van der Waals surface area contributed by atoms with Gasteiger partial charge in [-0.05, 0) is 25.3 Å². The Labute approximate surface area is 155 Å². The largest absolute Gasteiger partial charge is 0.354 e. The van der Waals surface area contributed by atoms with E-state index in [1.54, 1.807) is 0 Å². The van der Waals surface area contributed by atoms with E-state index in [2.05, 4.69) is 25.2 Å². The highest BCUT2D eigenvalue weighted by Crippen LogP contribution is 2.09. The van der Waals surface area contributed by atoms with Crippen LogP contribution < -0.4 is 5.32 Å². The van der Waals surface area contributed by atoms with Crippen molar-refractivity contribution in [2.45, 2.75) is 26.3 Å². The molecule has 2 aliphatic heterocycles. The van der Waals surface area contributed by atoms with Crippen molar-refractivity contribution in [3.63, 3.8) is 0 Å². The van der Waals surface area contributed by atoms with Gasteiger partial charge in [0.1, 0.15) is 0 Å². The van der Waals surface area contributed by atoms with Crippen LogP contribution in [0.15, 0.2) is 17.4 Å². The zero-order chi connectivity index (χ0) is 18.4. The molecule has 0 aliphatic carbocycles. The Kier molecular flexibility index (Phi) is 6.49. The number of nitrogens with one attached hydrogen (secondary N) is 1. The van der Waals surface area contributed by atoms with Gasteiger partial charge in [-0.1, -0.05) is 0 Å². The van der Waals surface area contributed by atoms with Gasteiger partial charge in [0.15, 0.2) is 5.96 Å². The summed E-state index contributed by atoms with van der Waals surface area (Å²) in [6.45, 7) is 9.68. The maximum atomic E-state index is 12.3. The molecule has 8 nitrogen and oxygen atoms in total. The first-order valence-electron chi connectivity index (χ1n) is 9.60. The van der Waals surface area contributed by atoms with Crippen molar-refractivity contribution >= 4 is 11.9 Å². The number of carbonyl (C=O) groups excluding carboxylic acids is 1. The minimum absolute atomic E-state index is 0.285. The number of aliphatic imine (C=N–C) groups is 1. The Balaban J connectivity index is 1.38. The van der Waals surface area contributed by atoms with Crippen molar-refractivity contribution in [2.75, 3.05) is 59.4 Å². The molecular weight excluding hydrogens is 330 g/mol. The average Bonchev–Trinajstić information content (AvgIpc) is 3.31. The summed E-state index contributed by atoms with van der Waals surface area (Å²) in [5.74, 6) is 1.22. The Morgan fingerprint density at radius 2 is 1.88 bits per heavy atom. The van der Waals surface area contributed by atoms with Gasteiger partial charge in [-0.3, -0.25) is 19.4 Å². The van der Waals surface area contributed by atoms with Crippen LogP contribution in [-0.4, -0.2) is 95.8 Å². The van der Waals surface area contributed by atoms with Crippen molar-refractivity contribution < 1.29 is 4.79 Å². The van der Waals surface area contributed by atoms with Crippen LogP contribution in [0.4, 0.5) is 0 Å². The molecule has 1 N–H and O–H groups in total. The summed E-state index contributed by atoms with van der Waals surface area (Å²) < 4.78 is 1.94. The van der Waals surface area contributed by atoms with E-state index in [0.717, 1.165) is 71.2 Å². The molecule has 0 bridgehead atoms. The number of aryl methyl sites for hydroxylation is 1. The highest BCUT2D eigenvalue weighted by atomic mass is 16.2. The monoisotopic (exact) mass is 361 g/mol. The first kappa shape index (κ1) is 18.7. The van der Waals surface area contributed by atoms with E-state index >= 15 is 0 Å². The van der Waals surface area contributed by atoms with E-state index in [9.17, 15) is 4.79 Å². The van der Waals surface area contributed by atoms with Gasteiger partial charge >= 0.3 is 0 Å². The molecular formula is C18H31N7O. The summed E-state index contributed by atoms with van der Waals surface area (Å²) in [6, 6.07) is 0. The molecule has 1 aromatic heterocycles. The number of rotatable bonds is 5. The molecule has 2 aliphatic rings. The van der Waals surface area contributed by atoms with Gasteiger partial charge < -0.3 is 15.1 Å². The van der Waals surface area contributed by atoms with Gasteiger partial charge in [-0.25, -0.2) is 0 Å². The second kappa shape index (κ2) is 9.02. The Morgan fingerprint density at radius 3 is 2.50 bits per heavy atom. The molecule has 0 unspecified atom stereocenters. The van der Waals surface area contributed by atoms with E-state index < -0.39 is 0 Å². The number of nitrogens with zero attached hydrogens (tertiary/aromatic N) is 6. The summed E-state index contributed by atoms with van der Waals surface area (Å²) in [5.41, 5.74) is 1.17. The fourth-order valence-electron chi connectivity index (χ4n) is 3.58. The van der Waals surface area contributed by atoms with Crippen LogP contribution >= 0.6 is 0 Å². The van der Waals surface area contributed by atoms with E-state index in [0.29, 0.717) is 6.54 Å². The second-order valence-corrected chi connectivity index (χ2v) is 7.11. The van der Waals surface area contributed by atoms with E-state index in [1.165, 1.54) is 5.56 Å². The molecule has 0 spiro atoms. The van der Waals surface area contributed by atoms with Gasteiger partial charge in [0.25, 0.3) is 0 Å². The molecule has 0 aromatic carbocycles. The molecule has 3 rings (SSSR count). The Morgan fingerprint density at radius 1 is 1.15 bits per heavy atom.